The van der Waals surface area contributed by atoms with Crippen LogP contribution in [0.3, 0.4) is 0 Å². The molecule has 5 nitrogen and oxygen atoms in total. The van der Waals surface area contributed by atoms with Crippen molar-refractivity contribution in [2.75, 3.05) is 6.61 Å². The fourth-order valence-electron chi connectivity index (χ4n) is 5.51. The topological polar surface area (TPSA) is 62.5 Å². The summed E-state index contributed by atoms with van der Waals surface area (Å²) < 4.78 is 1.59. The van der Waals surface area contributed by atoms with Gasteiger partial charge in [0.2, 0.25) is 0 Å². The fraction of sp³-hybridized carbons (Fsp3) is 0.520. The first-order valence-corrected chi connectivity index (χ1v) is 11.1. The van der Waals surface area contributed by atoms with Crippen LogP contribution in [-0.2, 0) is 0 Å². The van der Waals surface area contributed by atoms with Crippen molar-refractivity contribution in [1.29, 1.82) is 0 Å². The smallest absolute Gasteiger partial charge is 0.268 e. The van der Waals surface area contributed by atoms with Gasteiger partial charge >= 0.3 is 0 Å². The van der Waals surface area contributed by atoms with E-state index in [0.29, 0.717) is 11.5 Å². The van der Waals surface area contributed by atoms with E-state index in [0.717, 1.165) is 36.9 Å². The van der Waals surface area contributed by atoms with Gasteiger partial charge in [-0.15, -0.1) is 0 Å². The number of rotatable bonds is 5. The number of fused-ring (bicyclic) bond motifs is 2. The van der Waals surface area contributed by atoms with Gasteiger partial charge < -0.3 is 10.0 Å². The van der Waals surface area contributed by atoms with Gasteiger partial charge in [-0.2, -0.15) is 0 Å². The maximum absolute atomic E-state index is 13.7. The summed E-state index contributed by atoms with van der Waals surface area (Å²) in [4.78, 5) is 29.0. The quantitative estimate of drug-likeness (QED) is 0.812. The monoisotopic (exact) mass is 408 g/mol. The molecule has 30 heavy (non-hydrogen) atoms. The summed E-state index contributed by atoms with van der Waals surface area (Å²) in [6.07, 6.45) is 5.29. The summed E-state index contributed by atoms with van der Waals surface area (Å²) in [7, 11) is 0. The highest BCUT2D eigenvalue weighted by atomic mass is 16.3. The molecule has 2 fully saturated rings. The van der Waals surface area contributed by atoms with Crippen molar-refractivity contribution in [3.05, 3.63) is 63.6 Å². The van der Waals surface area contributed by atoms with Crippen molar-refractivity contribution in [2.45, 2.75) is 71.4 Å². The number of aliphatic hydroxyl groups excluding tert-OH is 1. The number of pyridine rings is 1. The predicted octanol–water partition coefficient (Wildman–Crippen LogP) is 4.03. The molecule has 2 aliphatic rings. The lowest BCUT2D eigenvalue weighted by atomic mass is 9.72. The van der Waals surface area contributed by atoms with Crippen LogP contribution in [0, 0.1) is 12.3 Å². The third kappa shape index (κ3) is 3.11. The molecule has 3 heterocycles. The van der Waals surface area contributed by atoms with E-state index < -0.39 is 0 Å². The summed E-state index contributed by atoms with van der Waals surface area (Å²) in [5.41, 5.74) is 2.40. The van der Waals surface area contributed by atoms with E-state index in [9.17, 15) is 14.7 Å². The average Bonchev–Trinajstić information content (AvgIpc) is 3.30. The van der Waals surface area contributed by atoms with Gasteiger partial charge in [0.25, 0.3) is 11.5 Å². The van der Waals surface area contributed by atoms with Gasteiger partial charge in [-0.3, -0.25) is 14.2 Å². The number of amides is 1. The zero-order chi connectivity index (χ0) is 21.6. The maximum Gasteiger partial charge on any atom is 0.268 e. The van der Waals surface area contributed by atoms with Crippen molar-refractivity contribution < 1.29 is 9.90 Å². The Balaban J connectivity index is 1.76. The van der Waals surface area contributed by atoms with E-state index in [4.69, 9.17) is 0 Å². The van der Waals surface area contributed by atoms with Crippen LogP contribution in [-0.4, -0.2) is 39.2 Å². The van der Waals surface area contributed by atoms with Crippen LogP contribution in [0.25, 0.3) is 5.69 Å². The maximum atomic E-state index is 13.7. The number of aliphatic hydroxyl groups is 1. The summed E-state index contributed by atoms with van der Waals surface area (Å²) in [6.45, 7) is 8.25. The highest BCUT2D eigenvalue weighted by molar-refractivity contribution is 5.96. The first-order valence-electron chi connectivity index (χ1n) is 11.1. The molecule has 1 aromatic carbocycles. The van der Waals surface area contributed by atoms with Gasteiger partial charge in [0.15, 0.2) is 0 Å². The molecule has 2 saturated heterocycles. The van der Waals surface area contributed by atoms with Gasteiger partial charge in [0.1, 0.15) is 5.56 Å². The molecule has 5 heteroatoms. The second-order valence-corrected chi connectivity index (χ2v) is 9.34. The third-order valence-corrected chi connectivity index (χ3v) is 7.43. The van der Waals surface area contributed by atoms with Gasteiger partial charge in [-0.25, -0.2) is 0 Å². The lowest BCUT2D eigenvalue weighted by Crippen LogP contribution is -2.44. The molecule has 2 aliphatic heterocycles. The zero-order valence-corrected chi connectivity index (χ0v) is 18.4. The highest BCUT2D eigenvalue weighted by Gasteiger charge is 2.56. The Morgan fingerprint density at radius 1 is 1.27 bits per heavy atom. The summed E-state index contributed by atoms with van der Waals surface area (Å²) >= 11 is 0. The molecular formula is C25H32N2O3. The Kier molecular flexibility index (Phi) is 5.35. The number of aryl methyl sites for hydroxylation is 1. The minimum absolute atomic E-state index is 0.0155. The molecule has 2 bridgehead atoms. The Bertz CT molecular complexity index is 1020. The standard InChI is InChI=1S/C25H32N2O3/c1-5-25(15-28)14-20-9-10-21(25)27(20)24(30)22-17(4)11-12-26(23(22)29)19-8-6-7-18(13-19)16(2)3/h6-8,11-13,16,20-21,28H,5,9-10,14-15H2,1-4H3/t20-,21+,25-/m1/s1. The van der Waals surface area contributed by atoms with Crippen molar-refractivity contribution in [3.63, 3.8) is 0 Å². The minimum Gasteiger partial charge on any atom is -0.396 e. The average molecular weight is 409 g/mol. The van der Waals surface area contributed by atoms with Gasteiger partial charge in [0, 0.05) is 29.4 Å². The summed E-state index contributed by atoms with van der Waals surface area (Å²) in [6, 6.07) is 9.92. The lowest BCUT2D eigenvalue weighted by molar-refractivity contribution is 0.0555. The van der Waals surface area contributed by atoms with Crippen LogP contribution in [0.2, 0.25) is 0 Å². The van der Waals surface area contributed by atoms with E-state index in [-0.39, 0.29) is 41.1 Å². The molecule has 0 radical (unpaired) electrons. The second-order valence-electron chi connectivity index (χ2n) is 9.34. The number of benzene rings is 1. The van der Waals surface area contributed by atoms with Crippen LogP contribution >= 0.6 is 0 Å². The Morgan fingerprint density at radius 3 is 2.67 bits per heavy atom. The predicted molar refractivity (Wildman–Crippen MR) is 118 cm³/mol. The van der Waals surface area contributed by atoms with Crippen molar-refractivity contribution in [3.8, 4) is 5.69 Å². The summed E-state index contributed by atoms with van der Waals surface area (Å²) in [5, 5.41) is 10.1. The van der Waals surface area contributed by atoms with Gasteiger partial charge in [-0.05, 0) is 67.9 Å². The number of carbonyl (C=O) groups excluding carboxylic acids is 1. The van der Waals surface area contributed by atoms with Crippen LogP contribution in [0.5, 0.6) is 0 Å². The van der Waals surface area contributed by atoms with Crippen LogP contribution in [0.4, 0.5) is 0 Å². The molecule has 1 amide bonds. The minimum atomic E-state index is -0.265. The van der Waals surface area contributed by atoms with E-state index in [1.807, 2.05) is 36.1 Å². The van der Waals surface area contributed by atoms with Crippen molar-refractivity contribution >= 4 is 5.91 Å². The number of hydrogen-bond acceptors (Lipinski definition) is 3. The van der Waals surface area contributed by atoms with Gasteiger partial charge in [-0.1, -0.05) is 32.9 Å². The highest BCUT2D eigenvalue weighted by Crippen LogP contribution is 2.51. The normalized spacial score (nSPS) is 25.3. The van der Waals surface area contributed by atoms with E-state index in [2.05, 4.69) is 26.8 Å². The van der Waals surface area contributed by atoms with Crippen LogP contribution in [0.15, 0.2) is 41.3 Å². The zero-order valence-electron chi connectivity index (χ0n) is 18.4. The molecule has 0 saturated carbocycles. The Morgan fingerprint density at radius 2 is 2.03 bits per heavy atom. The molecule has 0 spiro atoms. The first kappa shape index (κ1) is 20.9. The Hall–Kier alpha value is -2.40. The van der Waals surface area contributed by atoms with Gasteiger partial charge in [0.05, 0.1) is 6.61 Å². The number of aromatic nitrogens is 1. The van der Waals surface area contributed by atoms with E-state index in [1.54, 1.807) is 10.8 Å². The SMILES string of the molecule is CC[C@]1(CO)C[C@H]2CC[C@@H]1N2C(=O)c1c(C)ccn(-c2cccc(C(C)C)c2)c1=O. The molecule has 1 N–H and O–H groups in total. The van der Waals surface area contributed by atoms with E-state index >= 15 is 0 Å². The molecule has 4 rings (SSSR count). The molecule has 0 aliphatic carbocycles. The van der Waals surface area contributed by atoms with Crippen molar-refractivity contribution in [2.24, 2.45) is 5.41 Å². The third-order valence-electron chi connectivity index (χ3n) is 7.43. The molecule has 160 valence electrons. The molecule has 2 aromatic rings. The van der Waals surface area contributed by atoms with E-state index in [1.165, 1.54) is 0 Å². The molecule has 0 unspecified atom stereocenters. The second kappa shape index (κ2) is 7.69. The molecular weight excluding hydrogens is 376 g/mol. The summed E-state index contributed by atoms with van der Waals surface area (Å²) in [5.74, 6) is 0.177. The van der Waals surface area contributed by atoms with Crippen LogP contribution < -0.4 is 5.56 Å². The molecule has 3 atom stereocenters. The van der Waals surface area contributed by atoms with Crippen LogP contribution in [0.1, 0.15) is 73.9 Å². The number of nitrogens with zero attached hydrogens (tertiary/aromatic N) is 2. The molecule has 1 aromatic heterocycles. The van der Waals surface area contributed by atoms with Crippen molar-refractivity contribution in [1.82, 2.24) is 9.47 Å². The number of carbonyl (C=O) groups is 1. The largest absolute Gasteiger partial charge is 0.396 e. The lowest BCUT2D eigenvalue weighted by Gasteiger charge is -2.34. The first-order chi connectivity index (χ1) is 14.3. The number of hydrogen-bond donors (Lipinski definition) is 1. The Labute approximate surface area is 178 Å². The fourth-order valence-corrected chi connectivity index (χ4v) is 5.51.